The van der Waals surface area contributed by atoms with Crippen LogP contribution in [0.1, 0.15) is 28.9 Å². The van der Waals surface area contributed by atoms with Crippen molar-refractivity contribution in [3.05, 3.63) is 53.9 Å². The van der Waals surface area contributed by atoms with Crippen molar-refractivity contribution in [1.82, 2.24) is 14.9 Å². The zero-order chi connectivity index (χ0) is 15.4. The van der Waals surface area contributed by atoms with Gasteiger partial charge in [0.2, 0.25) is 5.95 Å². The van der Waals surface area contributed by atoms with Gasteiger partial charge in [0.05, 0.1) is 0 Å². The fourth-order valence-electron chi connectivity index (χ4n) is 2.66. The lowest BCUT2D eigenvalue weighted by Gasteiger charge is -2.19. The molecule has 0 spiro atoms. The summed E-state index contributed by atoms with van der Waals surface area (Å²) in [5.41, 5.74) is 1.66. The maximum absolute atomic E-state index is 12.4. The van der Waals surface area contributed by atoms with E-state index < -0.39 is 0 Å². The van der Waals surface area contributed by atoms with Crippen LogP contribution in [0.4, 0.5) is 5.95 Å². The van der Waals surface area contributed by atoms with Crippen LogP contribution >= 0.6 is 0 Å². The fourth-order valence-corrected chi connectivity index (χ4v) is 2.66. The minimum absolute atomic E-state index is 0.00858. The van der Waals surface area contributed by atoms with Gasteiger partial charge in [-0.15, -0.1) is 0 Å². The lowest BCUT2D eigenvalue weighted by molar-refractivity contribution is 0.0787. The van der Waals surface area contributed by atoms with Crippen molar-refractivity contribution in [1.29, 1.82) is 0 Å². The standard InChI is InChI=1S/C17H20N4O/c1-20(13-14-7-3-2-4-8-14)17-18-10-9-15(19-17)16(22)21-11-5-6-12-21/h2-4,7-10H,5-6,11-13H2,1H3. The molecule has 0 unspecified atom stereocenters. The smallest absolute Gasteiger partial charge is 0.272 e. The summed E-state index contributed by atoms with van der Waals surface area (Å²) in [5, 5.41) is 0. The van der Waals surface area contributed by atoms with E-state index in [1.807, 2.05) is 35.0 Å². The molecule has 1 aliphatic heterocycles. The van der Waals surface area contributed by atoms with Gasteiger partial charge < -0.3 is 9.80 Å². The monoisotopic (exact) mass is 296 g/mol. The van der Waals surface area contributed by atoms with Gasteiger partial charge in [-0.2, -0.15) is 0 Å². The molecular formula is C17H20N4O. The Balaban J connectivity index is 1.74. The van der Waals surface area contributed by atoms with Crippen molar-refractivity contribution < 1.29 is 4.79 Å². The van der Waals surface area contributed by atoms with Gasteiger partial charge in [-0.25, -0.2) is 9.97 Å². The van der Waals surface area contributed by atoms with Gasteiger partial charge >= 0.3 is 0 Å². The van der Waals surface area contributed by atoms with E-state index in [1.165, 1.54) is 5.56 Å². The van der Waals surface area contributed by atoms with Gasteiger partial charge in [-0.05, 0) is 24.5 Å². The Bertz CT molecular complexity index is 638. The third kappa shape index (κ3) is 3.24. The van der Waals surface area contributed by atoms with Crippen molar-refractivity contribution in [2.75, 3.05) is 25.0 Å². The van der Waals surface area contributed by atoms with Crippen molar-refractivity contribution in [3.8, 4) is 0 Å². The number of benzene rings is 1. The molecule has 0 saturated carbocycles. The van der Waals surface area contributed by atoms with Gasteiger partial charge in [-0.3, -0.25) is 4.79 Å². The Hall–Kier alpha value is -2.43. The molecule has 3 rings (SSSR count). The molecular weight excluding hydrogens is 276 g/mol. The molecule has 0 radical (unpaired) electrons. The Morgan fingerprint density at radius 1 is 1.18 bits per heavy atom. The van der Waals surface area contributed by atoms with Crippen LogP contribution < -0.4 is 4.90 Å². The van der Waals surface area contributed by atoms with E-state index in [-0.39, 0.29) is 5.91 Å². The number of hydrogen-bond donors (Lipinski definition) is 0. The number of aromatic nitrogens is 2. The first kappa shape index (κ1) is 14.5. The lowest BCUT2D eigenvalue weighted by Crippen LogP contribution is -2.29. The number of nitrogens with zero attached hydrogens (tertiary/aromatic N) is 4. The van der Waals surface area contributed by atoms with E-state index >= 15 is 0 Å². The van der Waals surface area contributed by atoms with E-state index in [0.717, 1.165) is 25.9 Å². The Morgan fingerprint density at radius 3 is 2.64 bits per heavy atom. The molecule has 1 fully saturated rings. The molecule has 1 amide bonds. The second-order valence-electron chi connectivity index (χ2n) is 5.58. The molecule has 5 heteroatoms. The van der Waals surface area contributed by atoms with Gasteiger partial charge in [0.1, 0.15) is 5.69 Å². The summed E-state index contributed by atoms with van der Waals surface area (Å²) in [7, 11) is 1.94. The highest BCUT2D eigenvalue weighted by Crippen LogP contribution is 2.14. The largest absolute Gasteiger partial charge is 0.340 e. The van der Waals surface area contributed by atoms with E-state index in [0.29, 0.717) is 18.2 Å². The number of carbonyl (C=O) groups excluding carboxylic acids is 1. The van der Waals surface area contributed by atoms with Crippen molar-refractivity contribution in [3.63, 3.8) is 0 Å². The zero-order valence-corrected chi connectivity index (χ0v) is 12.8. The summed E-state index contributed by atoms with van der Waals surface area (Å²) < 4.78 is 0. The zero-order valence-electron chi connectivity index (χ0n) is 12.8. The van der Waals surface area contributed by atoms with Crippen molar-refractivity contribution >= 4 is 11.9 Å². The van der Waals surface area contributed by atoms with Crippen LogP contribution in [-0.4, -0.2) is 40.9 Å². The van der Waals surface area contributed by atoms with E-state index in [1.54, 1.807) is 12.3 Å². The predicted molar refractivity (Wildman–Crippen MR) is 85.7 cm³/mol. The van der Waals surface area contributed by atoms with Crippen molar-refractivity contribution in [2.24, 2.45) is 0 Å². The highest BCUT2D eigenvalue weighted by molar-refractivity contribution is 5.92. The van der Waals surface area contributed by atoms with E-state index in [9.17, 15) is 4.79 Å². The van der Waals surface area contributed by atoms with Crippen LogP contribution in [0.3, 0.4) is 0 Å². The van der Waals surface area contributed by atoms with E-state index in [4.69, 9.17) is 0 Å². The second-order valence-corrected chi connectivity index (χ2v) is 5.58. The molecule has 0 N–H and O–H groups in total. The summed E-state index contributed by atoms with van der Waals surface area (Å²) in [6.45, 7) is 2.37. The van der Waals surface area contributed by atoms with Crippen molar-refractivity contribution in [2.45, 2.75) is 19.4 Å². The van der Waals surface area contributed by atoms with Crippen LogP contribution in [0.15, 0.2) is 42.6 Å². The average Bonchev–Trinajstić information content (AvgIpc) is 3.09. The Kier molecular flexibility index (Phi) is 4.32. The molecule has 2 aromatic rings. The minimum Gasteiger partial charge on any atom is -0.340 e. The van der Waals surface area contributed by atoms with Crippen LogP contribution in [0.5, 0.6) is 0 Å². The molecule has 1 aromatic carbocycles. The number of amides is 1. The third-order valence-electron chi connectivity index (χ3n) is 3.86. The maximum Gasteiger partial charge on any atom is 0.272 e. The molecule has 2 heterocycles. The fraction of sp³-hybridized carbons (Fsp3) is 0.353. The SMILES string of the molecule is CN(Cc1ccccc1)c1nccc(C(=O)N2CCCC2)n1. The Morgan fingerprint density at radius 2 is 1.91 bits per heavy atom. The van der Waals surface area contributed by atoms with Crippen LogP contribution in [0.25, 0.3) is 0 Å². The highest BCUT2D eigenvalue weighted by atomic mass is 16.2. The first-order chi connectivity index (χ1) is 10.7. The number of rotatable bonds is 4. The number of anilines is 1. The first-order valence-corrected chi connectivity index (χ1v) is 7.61. The van der Waals surface area contributed by atoms with Gasteiger partial charge in [-0.1, -0.05) is 30.3 Å². The summed E-state index contributed by atoms with van der Waals surface area (Å²) in [6, 6.07) is 11.8. The van der Waals surface area contributed by atoms with Crippen LogP contribution in [-0.2, 0) is 6.54 Å². The number of likely N-dealkylation sites (tertiary alicyclic amines) is 1. The second kappa shape index (κ2) is 6.56. The molecule has 0 bridgehead atoms. The highest BCUT2D eigenvalue weighted by Gasteiger charge is 2.21. The lowest BCUT2D eigenvalue weighted by atomic mass is 10.2. The quantitative estimate of drug-likeness (QED) is 0.869. The predicted octanol–water partition coefficient (Wildman–Crippen LogP) is 2.35. The molecule has 22 heavy (non-hydrogen) atoms. The molecule has 0 atom stereocenters. The molecule has 114 valence electrons. The van der Waals surface area contributed by atoms with Gasteiger partial charge in [0, 0.05) is 32.9 Å². The average molecular weight is 296 g/mol. The topological polar surface area (TPSA) is 49.3 Å². The first-order valence-electron chi connectivity index (χ1n) is 7.61. The molecule has 5 nitrogen and oxygen atoms in total. The van der Waals surface area contributed by atoms with Crippen LogP contribution in [0, 0.1) is 0 Å². The summed E-state index contributed by atoms with van der Waals surface area (Å²) in [6.07, 6.45) is 3.82. The van der Waals surface area contributed by atoms with E-state index in [2.05, 4.69) is 22.1 Å². The number of carbonyl (C=O) groups is 1. The normalized spacial score (nSPS) is 14.1. The molecule has 0 aliphatic carbocycles. The summed E-state index contributed by atoms with van der Waals surface area (Å²) >= 11 is 0. The maximum atomic E-state index is 12.4. The molecule has 1 aliphatic rings. The molecule has 1 saturated heterocycles. The third-order valence-corrected chi connectivity index (χ3v) is 3.86. The minimum atomic E-state index is 0.00858. The Labute approximate surface area is 130 Å². The summed E-state index contributed by atoms with van der Waals surface area (Å²) in [4.78, 5) is 24.9. The molecule has 1 aromatic heterocycles. The van der Waals surface area contributed by atoms with Crippen LogP contribution in [0.2, 0.25) is 0 Å². The summed E-state index contributed by atoms with van der Waals surface area (Å²) in [5.74, 6) is 0.586. The number of hydrogen-bond acceptors (Lipinski definition) is 4. The van der Waals surface area contributed by atoms with Gasteiger partial charge in [0.25, 0.3) is 5.91 Å². The van der Waals surface area contributed by atoms with Gasteiger partial charge in [0.15, 0.2) is 0 Å².